The molecule has 0 aliphatic carbocycles. The van der Waals surface area contributed by atoms with Crippen molar-refractivity contribution >= 4 is 17.3 Å². The first-order valence-electron chi connectivity index (χ1n) is 6.44. The Morgan fingerprint density at radius 1 is 0.944 bits per heavy atom. The van der Waals surface area contributed by atoms with Crippen LogP contribution in [0.25, 0.3) is 0 Å². The number of carbonyl (C=O) groups excluding carboxylic acids is 3. The van der Waals surface area contributed by atoms with Crippen molar-refractivity contribution in [3.05, 3.63) is 12.2 Å². The van der Waals surface area contributed by atoms with Gasteiger partial charge in [-0.05, 0) is 12.0 Å². The standard InChI is InChI=1S/C15H24O3/c1-6-11(2)13(17)9-7-12(16)8-10-14(18)15(3,4)5/h2,6-10H2,1,3-5H3. The van der Waals surface area contributed by atoms with Gasteiger partial charge in [-0.2, -0.15) is 0 Å². The van der Waals surface area contributed by atoms with Gasteiger partial charge in [-0.1, -0.05) is 34.3 Å². The molecule has 0 aliphatic heterocycles. The monoisotopic (exact) mass is 252 g/mol. The molecule has 0 amide bonds. The van der Waals surface area contributed by atoms with Crippen LogP contribution in [0, 0.1) is 5.41 Å². The number of carbonyl (C=O) groups is 3. The highest BCUT2D eigenvalue weighted by Crippen LogP contribution is 2.18. The predicted octanol–water partition coefficient (Wildman–Crippen LogP) is 3.27. The fourth-order valence-corrected chi connectivity index (χ4v) is 1.38. The first-order chi connectivity index (χ1) is 8.18. The molecular weight excluding hydrogens is 228 g/mol. The van der Waals surface area contributed by atoms with Crippen LogP contribution in [-0.2, 0) is 14.4 Å². The number of Topliss-reactive ketones (excluding diaryl/α,β-unsaturated/α-hetero) is 3. The summed E-state index contributed by atoms with van der Waals surface area (Å²) < 4.78 is 0. The van der Waals surface area contributed by atoms with E-state index in [1.54, 1.807) is 0 Å². The Balaban J connectivity index is 3.97. The average Bonchev–Trinajstić information content (AvgIpc) is 2.30. The van der Waals surface area contributed by atoms with Gasteiger partial charge in [-0.15, -0.1) is 0 Å². The molecule has 0 N–H and O–H groups in total. The van der Waals surface area contributed by atoms with Crippen LogP contribution in [0.2, 0.25) is 0 Å². The van der Waals surface area contributed by atoms with Crippen molar-refractivity contribution in [2.24, 2.45) is 5.41 Å². The fourth-order valence-electron chi connectivity index (χ4n) is 1.38. The van der Waals surface area contributed by atoms with Crippen molar-refractivity contribution in [1.82, 2.24) is 0 Å². The van der Waals surface area contributed by atoms with E-state index >= 15 is 0 Å². The third-order valence-corrected chi connectivity index (χ3v) is 2.92. The maximum absolute atomic E-state index is 11.6. The van der Waals surface area contributed by atoms with E-state index in [1.165, 1.54) is 0 Å². The molecule has 0 unspecified atom stereocenters. The minimum absolute atomic E-state index is 0.0233. The quantitative estimate of drug-likeness (QED) is 0.623. The van der Waals surface area contributed by atoms with Crippen LogP contribution in [0.4, 0.5) is 0 Å². The van der Waals surface area contributed by atoms with Gasteiger partial charge in [-0.25, -0.2) is 0 Å². The molecule has 102 valence electrons. The Bertz CT molecular complexity index is 345. The number of hydrogen-bond acceptors (Lipinski definition) is 3. The summed E-state index contributed by atoms with van der Waals surface area (Å²) in [6.07, 6.45) is 1.56. The highest BCUT2D eigenvalue weighted by molar-refractivity contribution is 5.97. The summed E-state index contributed by atoms with van der Waals surface area (Å²) in [7, 11) is 0. The zero-order chi connectivity index (χ0) is 14.3. The SMILES string of the molecule is C=C(CC)C(=O)CCC(=O)CCC(=O)C(C)(C)C. The Kier molecular flexibility index (Phi) is 6.74. The number of ketones is 3. The number of hydrogen-bond donors (Lipinski definition) is 0. The van der Waals surface area contributed by atoms with Crippen LogP contribution in [-0.4, -0.2) is 17.3 Å². The second-order valence-electron chi connectivity index (χ2n) is 5.59. The van der Waals surface area contributed by atoms with Gasteiger partial charge in [0.2, 0.25) is 0 Å². The summed E-state index contributed by atoms with van der Waals surface area (Å²) in [6, 6.07) is 0. The minimum atomic E-state index is -0.396. The topological polar surface area (TPSA) is 51.2 Å². The van der Waals surface area contributed by atoms with Crippen LogP contribution in [0.15, 0.2) is 12.2 Å². The normalized spacial score (nSPS) is 11.1. The maximum Gasteiger partial charge on any atom is 0.158 e. The Morgan fingerprint density at radius 2 is 1.44 bits per heavy atom. The third kappa shape index (κ3) is 6.48. The molecule has 3 nitrogen and oxygen atoms in total. The van der Waals surface area contributed by atoms with Crippen molar-refractivity contribution in [2.75, 3.05) is 0 Å². The zero-order valence-electron chi connectivity index (χ0n) is 12.0. The summed E-state index contributed by atoms with van der Waals surface area (Å²) in [6.45, 7) is 11.0. The summed E-state index contributed by atoms with van der Waals surface area (Å²) in [5.41, 5.74) is 0.167. The highest BCUT2D eigenvalue weighted by Gasteiger charge is 2.21. The van der Waals surface area contributed by atoms with E-state index in [1.807, 2.05) is 27.7 Å². The van der Waals surface area contributed by atoms with Crippen LogP contribution in [0.1, 0.15) is 59.8 Å². The lowest BCUT2D eigenvalue weighted by Gasteiger charge is -2.15. The van der Waals surface area contributed by atoms with Gasteiger partial charge < -0.3 is 0 Å². The third-order valence-electron chi connectivity index (χ3n) is 2.92. The van der Waals surface area contributed by atoms with Gasteiger partial charge in [-0.3, -0.25) is 14.4 Å². The molecule has 3 heteroatoms. The summed E-state index contributed by atoms with van der Waals surface area (Å²) in [5, 5.41) is 0. The van der Waals surface area contributed by atoms with Crippen molar-refractivity contribution in [3.8, 4) is 0 Å². The first-order valence-corrected chi connectivity index (χ1v) is 6.44. The van der Waals surface area contributed by atoms with Gasteiger partial charge >= 0.3 is 0 Å². The smallest absolute Gasteiger partial charge is 0.158 e. The molecule has 0 radical (unpaired) electrons. The van der Waals surface area contributed by atoms with E-state index in [-0.39, 0.29) is 43.0 Å². The fraction of sp³-hybridized carbons (Fsp3) is 0.667. The summed E-state index contributed by atoms with van der Waals surface area (Å²) in [4.78, 5) is 34.6. The molecule has 0 saturated heterocycles. The van der Waals surface area contributed by atoms with E-state index in [9.17, 15) is 14.4 Å². The maximum atomic E-state index is 11.6. The minimum Gasteiger partial charge on any atom is -0.300 e. The molecule has 18 heavy (non-hydrogen) atoms. The Morgan fingerprint density at radius 3 is 1.89 bits per heavy atom. The first kappa shape index (κ1) is 16.8. The van der Waals surface area contributed by atoms with Crippen molar-refractivity contribution < 1.29 is 14.4 Å². The molecule has 0 fully saturated rings. The lowest BCUT2D eigenvalue weighted by atomic mass is 9.87. The molecule has 0 bridgehead atoms. The van der Waals surface area contributed by atoms with E-state index < -0.39 is 5.41 Å². The van der Waals surface area contributed by atoms with Crippen molar-refractivity contribution in [2.45, 2.75) is 59.8 Å². The molecule has 0 aromatic heterocycles. The average molecular weight is 252 g/mol. The van der Waals surface area contributed by atoms with E-state index in [0.29, 0.717) is 12.0 Å². The zero-order valence-corrected chi connectivity index (χ0v) is 12.0. The van der Waals surface area contributed by atoms with Gasteiger partial charge in [0.15, 0.2) is 5.78 Å². The van der Waals surface area contributed by atoms with Crippen LogP contribution < -0.4 is 0 Å². The second kappa shape index (κ2) is 7.24. The van der Waals surface area contributed by atoms with Crippen LogP contribution in [0.3, 0.4) is 0 Å². The van der Waals surface area contributed by atoms with E-state index in [2.05, 4.69) is 6.58 Å². The molecule has 0 atom stereocenters. The van der Waals surface area contributed by atoms with Gasteiger partial charge in [0.1, 0.15) is 11.6 Å². The van der Waals surface area contributed by atoms with Gasteiger partial charge in [0.25, 0.3) is 0 Å². The Labute approximate surface area is 110 Å². The molecule has 0 spiro atoms. The lowest BCUT2D eigenvalue weighted by molar-refractivity contribution is -0.129. The van der Waals surface area contributed by atoms with Crippen LogP contribution >= 0.6 is 0 Å². The molecular formula is C15H24O3. The largest absolute Gasteiger partial charge is 0.300 e. The van der Waals surface area contributed by atoms with Gasteiger partial charge in [0, 0.05) is 31.1 Å². The van der Waals surface area contributed by atoms with E-state index in [4.69, 9.17) is 0 Å². The Hall–Kier alpha value is -1.25. The predicted molar refractivity (Wildman–Crippen MR) is 72.4 cm³/mol. The summed E-state index contributed by atoms with van der Waals surface area (Å²) in [5.74, 6) is 0.0120. The molecule has 0 heterocycles. The lowest BCUT2D eigenvalue weighted by Crippen LogP contribution is -2.20. The molecule has 0 aromatic carbocycles. The van der Waals surface area contributed by atoms with Crippen molar-refractivity contribution in [3.63, 3.8) is 0 Å². The number of rotatable bonds is 8. The molecule has 0 saturated carbocycles. The van der Waals surface area contributed by atoms with Gasteiger partial charge in [0.05, 0.1) is 0 Å². The molecule has 0 aromatic rings. The molecule has 0 aliphatic rings. The summed E-state index contributed by atoms with van der Waals surface area (Å²) >= 11 is 0. The number of allylic oxidation sites excluding steroid dienone is 1. The second-order valence-corrected chi connectivity index (χ2v) is 5.59. The van der Waals surface area contributed by atoms with Crippen molar-refractivity contribution in [1.29, 1.82) is 0 Å². The molecule has 0 rings (SSSR count). The highest BCUT2D eigenvalue weighted by atomic mass is 16.1. The van der Waals surface area contributed by atoms with Crippen LogP contribution in [0.5, 0.6) is 0 Å². The van der Waals surface area contributed by atoms with E-state index in [0.717, 1.165) is 0 Å².